The molecule has 0 radical (unpaired) electrons. The van der Waals surface area contributed by atoms with E-state index in [-0.39, 0.29) is 22.1 Å². The van der Waals surface area contributed by atoms with Gasteiger partial charge in [-0.2, -0.15) is 4.98 Å². The van der Waals surface area contributed by atoms with Crippen molar-refractivity contribution in [2.45, 2.75) is 26.2 Å². The number of nitro groups is 1. The Kier molecular flexibility index (Phi) is 4.14. The van der Waals surface area contributed by atoms with Crippen molar-refractivity contribution in [1.82, 2.24) is 4.98 Å². The fourth-order valence-electron chi connectivity index (χ4n) is 1.90. The van der Waals surface area contributed by atoms with E-state index >= 15 is 0 Å². The van der Waals surface area contributed by atoms with Crippen LogP contribution in [0.2, 0.25) is 5.15 Å². The number of hydrogen-bond donors (Lipinski definition) is 0. The van der Waals surface area contributed by atoms with Crippen molar-refractivity contribution in [3.63, 3.8) is 0 Å². The number of aromatic nitrogens is 1. The highest BCUT2D eigenvalue weighted by Crippen LogP contribution is 2.36. The van der Waals surface area contributed by atoms with Gasteiger partial charge in [-0.15, -0.1) is 0 Å². The zero-order valence-electron chi connectivity index (χ0n) is 12.0. The second-order valence-electron chi connectivity index (χ2n) is 5.56. The Morgan fingerprint density at radius 1 is 1.19 bits per heavy atom. The van der Waals surface area contributed by atoms with Crippen molar-refractivity contribution in [2.24, 2.45) is 0 Å². The molecule has 0 saturated heterocycles. The third-order valence-electron chi connectivity index (χ3n) is 2.90. The monoisotopic (exact) mass is 306 g/mol. The van der Waals surface area contributed by atoms with Gasteiger partial charge in [0, 0.05) is 11.6 Å². The molecule has 110 valence electrons. The molecule has 0 saturated carbocycles. The molecule has 0 aliphatic heterocycles. The number of pyridine rings is 1. The molecule has 0 fully saturated rings. The molecule has 6 heteroatoms. The zero-order chi connectivity index (χ0) is 15.6. The first-order valence-electron chi connectivity index (χ1n) is 6.37. The predicted octanol–water partition coefficient (Wildman–Crippen LogP) is 4.73. The lowest BCUT2D eigenvalue weighted by Crippen LogP contribution is -2.12. The van der Waals surface area contributed by atoms with Gasteiger partial charge >= 0.3 is 11.6 Å². The average Bonchev–Trinajstić information content (AvgIpc) is 2.37. The molecule has 0 aliphatic rings. The van der Waals surface area contributed by atoms with E-state index in [1.165, 1.54) is 12.1 Å². The van der Waals surface area contributed by atoms with Gasteiger partial charge < -0.3 is 4.74 Å². The molecule has 0 bridgehead atoms. The average molecular weight is 307 g/mol. The summed E-state index contributed by atoms with van der Waals surface area (Å²) in [6, 6.07) is 10.0. The Balaban J connectivity index is 2.49. The summed E-state index contributed by atoms with van der Waals surface area (Å²) in [6.45, 7) is 6.11. The lowest BCUT2D eigenvalue weighted by molar-refractivity contribution is -0.386. The first-order chi connectivity index (χ1) is 9.79. The van der Waals surface area contributed by atoms with Crippen LogP contribution in [0.3, 0.4) is 0 Å². The quantitative estimate of drug-likeness (QED) is 0.467. The fourth-order valence-corrected chi connectivity index (χ4v) is 2.04. The van der Waals surface area contributed by atoms with Crippen LogP contribution in [-0.4, -0.2) is 9.91 Å². The molecule has 0 atom stereocenters. The second-order valence-corrected chi connectivity index (χ2v) is 5.95. The van der Waals surface area contributed by atoms with Crippen LogP contribution in [-0.2, 0) is 5.41 Å². The highest BCUT2D eigenvalue weighted by atomic mass is 35.5. The maximum Gasteiger partial charge on any atom is 0.331 e. The molecular formula is C15H15ClN2O3. The standard InChI is InChI=1S/C15H15ClN2O3/c1-15(2,3)10-6-4-5-7-12(10)21-14-11(18(19)20)8-9-13(16)17-14/h4-9H,1-3H3. The van der Waals surface area contributed by atoms with Gasteiger partial charge in [0.1, 0.15) is 10.9 Å². The molecule has 0 amide bonds. The number of halogens is 1. The van der Waals surface area contributed by atoms with Gasteiger partial charge in [0.15, 0.2) is 0 Å². The van der Waals surface area contributed by atoms with Gasteiger partial charge in [0.25, 0.3) is 0 Å². The van der Waals surface area contributed by atoms with E-state index in [1.807, 2.05) is 32.9 Å². The molecule has 2 aromatic rings. The maximum atomic E-state index is 11.0. The minimum atomic E-state index is -0.543. The van der Waals surface area contributed by atoms with E-state index in [4.69, 9.17) is 16.3 Å². The van der Waals surface area contributed by atoms with Crippen LogP contribution >= 0.6 is 11.6 Å². The van der Waals surface area contributed by atoms with Gasteiger partial charge in [-0.3, -0.25) is 10.1 Å². The maximum absolute atomic E-state index is 11.0. The third kappa shape index (κ3) is 3.49. The van der Waals surface area contributed by atoms with Crippen LogP contribution in [0.1, 0.15) is 26.3 Å². The van der Waals surface area contributed by atoms with Crippen molar-refractivity contribution in [3.8, 4) is 11.6 Å². The third-order valence-corrected chi connectivity index (χ3v) is 3.12. The molecule has 1 heterocycles. The molecular weight excluding hydrogens is 292 g/mol. The summed E-state index contributed by atoms with van der Waals surface area (Å²) < 4.78 is 5.67. The van der Waals surface area contributed by atoms with Crippen molar-refractivity contribution in [3.05, 3.63) is 57.2 Å². The summed E-state index contributed by atoms with van der Waals surface area (Å²) in [6.07, 6.45) is 0. The molecule has 0 spiro atoms. The van der Waals surface area contributed by atoms with Crippen LogP contribution in [0, 0.1) is 10.1 Å². The smallest absolute Gasteiger partial charge is 0.331 e. The highest BCUT2D eigenvalue weighted by Gasteiger charge is 2.23. The van der Waals surface area contributed by atoms with Gasteiger partial charge in [-0.05, 0) is 17.5 Å². The summed E-state index contributed by atoms with van der Waals surface area (Å²) in [4.78, 5) is 14.4. The Hall–Kier alpha value is -2.14. The summed E-state index contributed by atoms with van der Waals surface area (Å²) in [5.74, 6) is 0.423. The first kappa shape index (κ1) is 15.3. The SMILES string of the molecule is CC(C)(C)c1ccccc1Oc1nc(Cl)ccc1[N+](=O)[O-]. The Bertz CT molecular complexity index is 681. The van der Waals surface area contributed by atoms with Crippen molar-refractivity contribution < 1.29 is 9.66 Å². The van der Waals surface area contributed by atoms with Gasteiger partial charge in [0.05, 0.1) is 4.92 Å². The summed E-state index contributed by atoms with van der Waals surface area (Å²) in [7, 11) is 0. The van der Waals surface area contributed by atoms with E-state index in [0.29, 0.717) is 5.75 Å². The van der Waals surface area contributed by atoms with Crippen molar-refractivity contribution in [2.75, 3.05) is 0 Å². The highest BCUT2D eigenvalue weighted by molar-refractivity contribution is 6.29. The predicted molar refractivity (Wildman–Crippen MR) is 81.1 cm³/mol. The second kappa shape index (κ2) is 5.69. The largest absolute Gasteiger partial charge is 0.433 e. The first-order valence-corrected chi connectivity index (χ1v) is 6.75. The molecule has 21 heavy (non-hydrogen) atoms. The number of para-hydroxylation sites is 1. The van der Waals surface area contributed by atoms with Crippen LogP contribution in [0.15, 0.2) is 36.4 Å². The lowest BCUT2D eigenvalue weighted by atomic mass is 9.86. The molecule has 2 rings (SSSR count). The molecule has 0 unspecified atom stereocenters. The number of nitrogens with zero attached hydrogens (tertiary/aromatic N) is 2. The topological polar surface area (TPSA) is 65.3 Å². The van der Waals surface area contributed by atoms with Crippen LogP contribution in [0.5, 0.6) is 11.6 Å². The number of rotatable bonds is 3. The lowest BCUT2D eigenvalue weighted by Gasteiger charge is -2.22. The van der Waals surface area contributed by atoms with Gasteiger partial charge in [-0.25, -0.2) is 0 Å². The van der Waals surface area contributed by atoms with Crippen LogP contribution in [0.25, 0.3) is 0 Å². The summed E-state index contributed by atoms with van der Waals surface area (Å²) >= 11 is 5.80. The Labute approximate surface area is 127 Å². The molecule has 5 nitrogen and oxygen atoms in total. The normalized spacial score (nSPS) is 11.2. The van der Waals surface area contributed by atoms with Crippen LogP contribution < -0.4 is 4.74 Å². The zero-order valence-corrected chi connectivity index (χ0v) is 12.7. The number of benzene rings is 1. The molecule has 1 aromatic heterocycles. The fraction of sp³-hybridized carbons (Fsp3) is 0.267. The van der Waals surface area contributed by atoms with Gasteiger partial charge in [0.2, 0.25) is 0 Å². The Morgan fingerprint density at radius 3 is 2.48 bits per heavy atom. The minimum absolute atomic E-state index is 0.107. The van der Waals surface area contributed by atoms with Crippen molar-refractivity contribution >= 4 is 17.3 Å². The minimum Gasteiger partial charge on any atom is -0.433 e. The van der Waals surface area contributed by atoms with Crippen molar-refractivity contribution in [1.29, 1.82) is 0 Å². The number of hydrogen-bond acceptors (Lipinski definition) is 4. The molecule has 0 aliphatic carbocycles. The van der Waals surface area contributed by atoms with E-state index < -0.39 is 4.92 Å². The number of ether oxygens (including phenoxy) is 1. The van der Waals surface area contributed by atoms with E-state index in [9.17, 15) is 10.1 Å². The van der Waals surface area contributed by atoms with Gasteiger partial charge in [-0.1, -0.05) is 50.6 Å². The van der Waals surface area contributed by atoms with E-state index in [2.05, 4.69) is 4.98 Å². The van der Waals surface area contributed by atoms with E-state index in [1.54, 1.807) is 12.1 Å². The Morgan fingerprint density at radius 2 is 1.86 bits per heavy atom. The molecule has 0 N–H and O–H groups in total. The van der Waals surface area contributed by atoms with E-state index in [0.717, 1.165) is 5.56 Å². The summed E-state index contributed by atoms with van der Waals surface area (Å²) in [5.41, 5.74) is 0.549. The van der Waals surface area contributed by atoms with Crippen LogP contribution in [0.4, 0.5) is 5.69 Å². The molecule has 1 aromatic carbocycles. The summed E-state index contributed by atoms with van der Waals surface area (Å²) in [5, 5.41) is 11.2.